The van der Waals surface area contributed by atoms with Crippen LogP contribution < -0.4 is 5.32 Å². The molecule has 1 saturated heterocycles. The Labute approximate surface area is 136 Å². The molecule has 1 aromatic carbocycles. The summed E-state index contributed by atoms with van der Waals surface area (Å²) >= 11 is 3.36. The van der Waals surface area contributed by atoms with Gasteiger partial charge in [0.2, 0.25) is 0 Å². The molecule has 2 rings (SSSR count). The maximum Gasteiger partial charge on any atom is 0.124 e. The summed E-state index contributed by atoms with van der Waals surface area (Å²) in [5, 5.41) is 3.60. The van der Waals surface area contributed by atoms with E-state index in [1.165, 1.54) is 18.9 Å². The molecular weight excluding hydrogens is 331 g/mol. The van der Waals surface area contributed by atoms with Crippen LogP contribution in [0.25, 0.3) is 0 Å². The summed E-state index contributed by atoms with van der Waals surface area (Å²) < 4.78 is 14.2. The fourth-order valence-electron chi connectivity index (χ4n) is 2.76. The number of hydrogen-bond acceptors (Lipinski definition) is 2. The molecule has 21 heavy (non-hydrogen) atoms. The number of piperidine rings is 1. The van der Waals surface area contributed by atoms with Crippen molar-refractivity contribution in [2.24, 2.45) is 5.92 Å². The highest BCUT2D eigenvalue weighted by Gasteiger charge is 2.21. The molecule has 0 amide bonds. The third kappa shape index (κ3) is 6.05. The second kappa shape index (κ2) is 7.21. The molecule has 0 radical (unpaired) electrons. The van der Waals surface area contributed by atoms with Crippen LogP contribution >= 0.6 is 15.9 Å². The van der Waals surface area contributed by atoms with Crippen LogP contribution in [0.2, 0.25) is 0 Å². The molecule has 2 nitrogen and oxygen atoms in total. The van der Waals surface area contributed by atoms with Crippen molar-refractivity contribution in [2.75, 3.05) is 19.6 Å². The molecule has 0 atom stereocenters. The first-order valence-electron chi connectivity index (χ1n) is 7.74. The maximum absolute atomic E-state index is 13.4. The van der Waals surface area contributed by atoms with Gasteiger partial charge in [-0.25, -0.2) is 4.39 Å². The molecule has 1 fully saturated rings. The molecule has 1 aliphatic heterocycles. The molecule has 0 bridgehead atoms. The number of hydrogen-bond donors (Lipinski definition) is 1. The van der Waals surface area contributed by atoms with Gasteiger partial charge in [0.25, 0.3) is 0 Å². The minimum atomic E-state index is -0.163. The summed E-state index contributed by atoms with van der Waals surface area (Å²) in [4.78, 5) is 2.43. The first kappa shape index (κ1) is 16.9. The Balaban J connectivity index is 1.79. The van der Waals surface area contributed by atoms with Crippen molar-refractivity contribution in [1.82, 2.24) is 10.2 Å². The fraction of sp³-hybridized carbons (Fsp3) is 0.647. The van der Waals surface area contributed by atoms with E-state index in [1.807, 2.05) is 6.07 Å². The van der Waals surface area contributed by atoms with Gasteiger partial charge < -0.3 is 5.32 Å². The van der Waals surface area contributed by atoms with Crippen LogP contribution in [-0.4, -0.2) is 30.1 Å². The lowest BCUT2D eigenvalue weighted by Gasteiger charge is -2.33. The van der Waals surface area contributed by atoms with E-state index in [2.05, 4.69) is 46.9 Å². The molecule has 1 N–H and O–H groups in total. The number of halogens is 2. The first-order valence-corrected chi connectivity index (χ1v) is 8.53. The average Bonchev–Trinajstić information content (AvgIpc) is 2.36. The maximum atomic E-state index is 13.4. The Morgan fingerprint density at radius 1 is 1.24 bits per heavy atom. The average molecular weight is 357 g/mol. The Morgan fingerprint density at radius 3 is 2.48 bits per heavy atom. The first-order chi connectivity index (χ1) is 9.82. The van der Waals surface area contributed by atoms with Crippen molar-refractivity contribution < 1.29 is 4.39 Å². The highest BCUT2D eigenvalue weighted by Crippen LogP contribution is 2.21. The smallest absolute Gasteiger partial charge is 0.124 e. The molecular formula is C17H26BrFN2. The standard InChI is InChI=1S/C17H26BrFN2/c1-17(2,3)20-11-13-4-6-21(7-5-13)12-14-8-15(18)10-16(19)9-14/h8-10,13,20H,4-7,11-12H2,1-3H3. The van der Waals surface area contributed by atoms with Crippen LogP contribution in [0, 0.1) is 11.7 Å². The van der Waals surface area contributed by atoms with Crippen LogP contribution in [0.3, 0.4) is 0 Å². The summed E-state index contributed by atoms with van der Waals surface area (Å²) in [5.41, 5.74) is 1.25. The highest BCUT2D eigenvalue weighted by molar-refractivity contribution is 9.10. The van der Waals surface area contributed by atoms with Gasteiger partial charge in [0, 0.05) is 16.6 Å². The molecule has 0 spiro atoms. The Kier molecular flexibility index (Phi) is 5.81. The molecule has 118 valence electrons. The number of nitrogens with one attached hydrogen (secondary N) is 1. The topological polar surface area (TPSA) is 15.3 Å². The van der Waals surface area contributed by atoms with E-state index < -0.39 is 0 Å². The second-order valence-electron chi connectivity index (χ2n) is 7.13. The van der Waals surface area contributed by atoms with Crippen molar-refractivity contribution in [3.05, 3.63) is 34.1 Å². The Hall–Kier alpha value is -0.450. The number of benzene rings is 1. The minimum absolute atomic E-state index is 0.163. The van der Waals surface area contributed by atoms with Crippen molar-refractivity contribution in [2.45, 2.75) is 45.7 Å². The predicted molar refractivity (Wildman–Crippen MR) is 89.9 cm³/mol. The zero-order chi connectivity index (χ0) is 15.5. The zero-order valence-corrected chi connectivity index (χ0v) is 14.8. The van der Waals surface area contributed by atoms with Gasteiger partial charge in [-0.05, 0) is 82.9 Å². The summed E-state index contributed by atoms with van der Waals surface area (Å²) in [6.45, 7) is 10.8. The van der Waals surface area contributed by atoms with Crippen LogP contribution in [-0.2, 0) is 6.54 Å². The van der Waals surface area contributed by atoms with Gasteiger partial charge in [0.1, 0.15) is 5.82 Å². The number of nitrogens with zero attached hydrogens (tertiary/aromatic N) is 1. The van der Waals surface area contributed by atoms with Crippen LogP contribution in [0.4, 0.5) is 4.39 Å². The monoisotopic (exact) mass is 356 g/mol. The van der Waals surface area contributed by atoms with Crippen molar-refractivity contribution >= 4 is 15.9 Å². The Morgan fingerprint density at radius 2 is 1.90 bits per heavy atom. The van der Waals surface area contributed by atoms with E-state index in [9.17, 15) is 4.39 Å². The van der Waals surface area contributed by atoms with Gasteiger partial charge in [-0.2, -0.15) is 0 Å². The number of rotatable bonds is 4. The third-order valence-corrected chi connectivity index (χ3v) is 4.41. The van der Waals surface area contributed by atoms with Crippen molar-refractivity contribution in [1.29, 1.82) is 0 Å². The summed E-state index contributed by atoms with van der Waals surface area (Å²) in [7, 11) is 0. The van der Waals surface area contributed by atoms with Crippen LogP contribution in [0.5, 0.6) is 0 Å². The molecule has 1 heterocycles. The van der Waals surface area contributed by atoms with Gasteiger partial charge >= 0.3 is 0 Å². The molecule has 0 unspecified atom stereocenters. The van der Waals surface area contributed by atoms with Crippen LogP contribution in [0.1, 0.15) is 39.2 Å². The lowest BCUT2D eigenvalue weighted by Crippen LogP contribution is -2.42. The summed E-state index contributed by atoms with van der Waals surface area (Å²) in [6.07, 6.45) is 2.44. The van der Waals surface area contributed by atoms with E-state index >= 15 is 0 Å². The predicted octanol–water partition coefficient (Wildman–Crippen LogP) is 4.19. The minimum Gasteiger partial charge on any atom is -0.312 e. The molecule has 1 aliphatic rings. The van der Waals surface area contributed by atoms with Crippen molar-refractivity contribution in [3.63, 3.8) is 0 Å². The number of likely N-dealkylation sites (tertiary alicyclic amines) is 1. The highest BCUT2D eigenvalue weighted by atomic mass is 79.9. The third-order valence-electron chi connectivity index (χ3n) is 3.96. The molecule has 0 aromatic heterocycles. The SMILES string of the molecule is CC(C)(C)NCC1CCN(Cc2cc(F)cc(Br)c2)CC1. The van der Waals surface area contributed by atoms with E-state index in [0.717, 1.165) is 42.1 Å². The zero-order valence-electron chi connectivity index (χ0n) is 13.3. The van der Waals surface area contributed by atoms with Gasteiger partial charge in [0.05, 0.1) is 0 Å². The lowest BCUT2D eigenvalue weighted by molar-refractivity contribution is 0.170. The van der Waals surface area contributed by atoms with Gasteiger partial charge in [-0.1, -0.05) is 15.9 Å². The summed E-state index contributed by atoms with van der Waals surface area (Å²) in [5.74, 6) is 0.600. The molecule has 1 aromatic rings. The quantitative estimate of drug-likeness (QED) is 0.869. The van der Waals surface area contributed by atoms with Crippen molar-refractivity contribution in [3.8, 4) is 0 Å². The van der Waals surface area contributed by atoms with E-state index in [1.54, 1.807) is 6.07 Å². The molecule has 0 aliphatic carbocycles. The van der Waals surface area contributed by atoms with E-state index in [0.29, 0.717) is 0 Å². The van der Waals surface area contributed by atoms with Crippen LogP contribution in [0.15, 0.2) is 22.7 Å². The van der Waals surface area contributed by atoms with E-state index in [4.69, 9.17) is 0 Å². The van der Waals surface area contributed by atoms with Gasteiger partial charge in [-0.15, -0.1) is 0 Å². The largest absolute Gasteiger partial charge is 0.312 e. The molecule has 4 heteroatoms. The van der Waals surface area contributed by atoms with E-state index in [-0.39, 0.29) is 11.4 Å². The normalized spacial score (nSPS) is 18.1. The van der Waals surface area contributed by atoms with Gasteiger partial charge in [-0.3, -0.25) is 4.90 Å². The fourth-order valence-corrected chi connectivity index (χ4v) is 3.27. The second-order valence-corrected chi connectivity index (χ2v) is 8.04. The summed E-state index contributed by atoms with van der Waals surface area (Å²) in [6, 6.07) is 5.15. The Bertz CT molecular complexity index is 442. The van der Waals surface area contributed by atoms with Gasteiger partial charge in [0.15, 0.2) is 0 Å². The molecule has 0 saturated carbocycles. The lowest BCUT2D eigenvalue weighted by atomic mass is 9.95.